The van der Waals surface area contributed by atoms with Gasteiger partial charge in [-0.15, -0.1) is 0 Å². The number of benzene rings is 2. The molecule has 26 heavy (non-hydrogen) atoms. The Balaban J connectivity index is 1.96. The molecule has 0 amide bonds. The van der Waals surface area contributed by atoms with Crippen LogP contribution >= 0.6 is 0 Å². The number of anilines is 1. The molecule has 0 spiro atoms. The SMILES string of the molecule is O=C(O)C(=NNc1ccccc1)C(=CN1CCOCC1)c1ccccc1. The highest BCUT2D eigenvalue weighted by atomic mass is 16.5. The summed E-state index contributed by atoms with van der Waals surface area (Å²) < 4.78 is 5.37. The molecule has 0 aliphatic carbocycles. The van der Waals surface area contributed by atoms with E-state index in [9.17, 15) is 9.90 Å². The Labute approximate surface area is 152 Å². The number of nitrogens with zero attached hydrogens (tertiary/aromatic N) is 2. The van der Waals surface area contributed by atoms with Crippen LogP contribution in [0.4, 0.5) is 5.69 Å². The highest BCUT2D eigenvalue weighted by Gasteiger charge is 2.20. The van der Waals surface area contributed by atoms with E-state index in [1.54, 1.807) is 0 Å². The molecule has 1 aliphatic heterocycles. The zero-order chi connectivity index (χ0) is 18.2. The van der Waals surface area contributed by atoms with Crippen molar-refractivity contribution in [1.82, 2.24) is 4.90 Å². The van der Waals surface area contributed by atoms with Crippen LogP contribution < -0.4 is 5.43 Å². The Morgan fingerprint density at radius 1 is 1.04 bits per heavy atom. The third-order valence-electron chi connectivity index (χ3n) is 3.97. The lowest BCUT2D eigenvalue weighted by atomic mass is 10.0. The Hall–Kier alpha value is -3.12. The number of carboxylic acid groups (broad SMARTS) is 1. The number of ether oxygens (including phenoxy) is 1. The van der Waals surface area contributed by atoms with Crippen LogP contribution in [0.2, 0.25) is 0 Å². The minimum absolute atomic E-state index is 0.0356. The van der Waals surface area contributed by atoms with Gasteiger partial charge in [-0.05, 0) is 17.7 Å². The summed E-state index contributed by atoms with van der Waals surface area (Å²) in [6.45, 7) is 2.69. The van der Waals surface area contributed by atoms with E-state index in [4.69, 9.17) is 4.74 Å². The number of hydrogen-bond donors (Lipinski definition) is 2. The standard InChI is InChI=1S/C20H21N3O3/c24-20(25)19(22-21-17-9-5-2-6-10-17)18(16-7-3-1-4-8-16)15-23-11-13-26-14-12-23/h1-10,15,21H,11-14H2,(H,24,25). The molecule has 1 aliphatic rings. The zero-order valence-electron chi connectivity index (χ0n) is 14.3. The zero-order valence-corrected chi connectivity index (χ0v) is 14.3. The molecule has 0 radical (unpaired) electrons. The third-order valence-corrected chi connectivity index (χ3v) is 3.97. The summed E-state index contributed by atoms with van der Waals surface area (Å²) in [4.78, 5) is 14.0. The van der Waals surface area contributed by atoms with Gasteiger partial charge in [0, 0.05) is 24.9 Å². The molecular formula is C20H21N3O3. The van der Waals surface area contributed by atoms with E-state index >= 15 is 0 Å². The van der Waals surface area contributed by atoms with Gasteiger partial charge in [0.05, 0.1) is 18.9 Å². The van der Waals surface area contributed by atoms with Crippen molar-refractivity contribution in [1.29, 1.82) is 0 Å². The molecule has 1 heterocycles. The average Bonchev–Trinajstić information content (AvgIpc) is 2.69. The highest BCUT2D eigenvalue weighted by Crippen LogP contribution is 2.19. The molecule has 1 saturated heterocycles. The third kappa shape index (κ3) is 4.70. The van der Waals surface area contributed by atoms with Crippen molar-refractivity contribution in [3.05, 3.63) is 72.4 Å². The van der Waals surface area contributed by atoms with E-state index in [-0.39, 0.29) is 5.71 Å². The van der Waals surface area contributed by atoms with Gasteiger partial charge in [0.25, 0.3) is 0 Å². The molecule has 0 unspecified atom stereocenters. The number of hydrogen-bond acceptors (Lipinski definition) is 5. The van der Waals surface area contributed by atoms with E-state index in [1.807, 2.05) is 66.9 Å². The van der Waals surface area contributed by atoms with Crippen molar-refractivity contribution in [3.8, 4) is 0 Å². The van der Waals surface area contributed by atoms with Crippen LogP contribution in [0.15, 0.2) is 72.0 Å². The lowest BCUT2D eigenvalue weighted by Gasteiger charge is -2.26. The first-order valence-corrected chi connectivity index (χ1v) is 8.45. The van der Waals surface area contributed by atoms with Gasteiger partial charge in [0.1, 0.15) is 0 Å². The smallest absolute Gasteiger partial charge is 0.357 e. The first-order valence-electron chi connectivity index (χ1n) is 8.45. The van der Waals surface area contributed by atoms with Crippen molar-refractivity contribution in [3.63, 3.8) is 0 Å². The van der Waals surface area contributed by atoms with Crippen LogP contribution in [0.1, 0.15) is 5.56 Å². The summed E-state index contributed by atoms with van der Waals surface area (Å²) in [7, 11) is 0. The van der Waals surface area contributed by atoms with Crippen molar-refractivity contribution < 1.29 is 14.6 Å². The second-order valence-electron chi connectivity index (χ2n) is 5.80. The van der Waals surface area contributed by atoms with E-state index < -0.39 is 5.97 Å². The fourth-order valence-corrected chi connectivity index (χ4v) is 2.64. The topological polar surface area (TPSA) is 74.2 Å². The van der Waals surface area contributed by atoms with Crippen molar-refractivity contribution >= 4 is 22.9 Å². The van der Waals surface area contributed by atoms with Gasteiger partial charge in [-0.3, -0.25) is 5.43 Å². The van der Waals surface area contributed by atoms with Gasteiger partial charge in [0.2, 0.25) is 0 Å². The van der Waals surface area contributed by atoms with Gasteiger partial charge >= 0.3 is 5.97 Å². The maximum atomic E-state index is 11.9. The molecule has 1 fully saturated rings. The van der Waals surface area contributed by atoms with E-state index in [1.165, 1.54) is 0 Å². The second-order valence-corrected chi connectivity index (χ2v) is 5.80. The number of para-hydroxylation sites is 1. The van der Waals surface area contributed by atoms with E-state index in [2.05, 4.69) is 15.4 Å². The van der Waals surface area contributed by atoms with Gasteiger partial charge in [-0.25, -0.2) is 4.79 Å². The molecule has 3 rings (SSSR count). The lowest BCUT2D eigenvalue weighted by Crippen LogP contribution is -2.33. The summed E-state index contributed by atoms with van der Waals surface area (Å²) in [5, 5.41) is 13.9. The Kier molecular flexibility index (Phi) is 6.01. The van der Waals surface area contributed by atoms with E-state index in [0.717, 1.165) is 24.3 Å². The number of rotatable bonds is 6. The number of aliphatic carboxylic acids is 1. The summed E-state index contributed by atoms with van der Waals surface area (Å²) in [6.07, 6.45) is 1.86. The number of nitrogens with one attached hydrogen (secondary N) is 1. The van der Waals surface area contributed by atoms with Gasteiger partial charge in [-0.1, -0.05) is 48.5 Å². The number of carboxylic acids is 1. The molecule has 6 nitrogen and oxygen atoms in total. The van der Waals surface area contributed by atoms with E-state index in [0.29, 0.717) is 18.8 Å². The molecule has 2 N–H and O–H groups in total. The minimum Gasteiger partial charge on any atom is -0.476 e. The Bertz CT molecular complexity index is 782. The molecular weight excluding hydrogens is 330 g/mol. The summed E-state index contributed by atoms with van der Waals surface area (Å²) in [5.41, 5.74) is 4.89. The fourth-order valence-electron chi connectivity index (χ4n) is 2.64. The highest BCUT2D eigenvalue weighted by molar-refractivity contribution is 6.53. The largest absolute Gasteiger partial charge is 0.476 e. The predicted octanol–water partition coefficient (Wildman–Crippen LogP) is 2.91. The average molecular weight is 351 g/mol. The summed E-state index contributed by atoms with van der Waals surface area (Å²) >= 11 is 0. The maximum absolute atomic E-state index is 11.9. The van der Waals surface area contributed by atoms with Crippen LogP contribution in [0.5, 0.6) is 0 Å². The molecule has 2 aromatic rings. The number of hydrazone groups is 1. The first-order chi connectivity index (χ1) is 12.7. The minimum atomic E-state index is -1.09. The monoisotopic (exact) mass is 351 g/mol. The van der Waals surface area contributed by atoms with Gasteiger partial charge < -0.3 is 14.7 Å². The number of morpholine rings is 1. The number of carbonyl (C=O) groups is 1. The molecule has 0 aromatic heterocycles. The van der Waals surface area contributed by atoms with Crippen LogP contribution in [-0.2, 0) is 9.53 Å². The van der Waals surface area contributed by atoms with Crippen molar-refractivity contribution in [2.45, 2.75) is 0 Å². The van der Waals surface area contributed by atoms with Crippen LogP contribution in [-0.4, -0.2) is 48.0 Å². The quantitative estimate of drug-likeness (QED) is 0.618. The molecule has 6 heteroatoms. The van der Waals surface area contributed by atoms with Crippen molar-refractivity contribution in [2.24, 2.45) is 5.10 Å². The van der Waals surface area contributed by atoms with Crippen molar-refractivity contribution in [2.75, 3.05) is 31.7 Å². The molecule has 0 atom stereocenters. The van der Waals surface area contributed by atoms with Crippen LogP contribution in [0.25, 0.3) is 5.57 Å². The lowest BCUT2D eigenvalue weighted by molar-refractivity contribution is -0.129. The second kappa shape index (κ2) is 8.82. The van der Waals surface area contributed by atoms with Gasteiger partial charge in [0.15, 0.2) is 5.71 Å². The summed E-state index contributed by atoms with van der Waals surface area (Å²) in [6, 6.07) is 18.7. The Morgan fingerprint density at radius 3 is 2.27 bits per heavy atom. The molecule has 134 valence electrons. The molecule has 0 saturated carbocycles. The van der Waals surface area contributed by atoms with Gasteiger partial charge in [-0.2, -0.15) is 5.10 Å². The van der Waals surface area contributed by atoms with Crippen LogP contribution in [0, 0.1) is 0 Å². The maximum Gasteiger partial charge on any atom is 0.357 e. The fraction of sp³-hybridized carbons (Fsp3) is 0.200. The Morgan fingerprint density at radius 2 is 1.65 bits per heavy atom. The molecule has 0 bridgehead atoms. The first kappa shape index (κ1) is 17.7. The normalized spacial score (nSPS) is 15.6. The predicted molar refractivity (Wildman–Crippen MR) is 102 cm³/mol. The molecule has 2 aromatic carbocycles. The summed E-state index contributed by atoms with van der Waals surface area (Å²) in [5.74, 6) is -1.09. The van der Waals surface area contributed by atoms with Crippen LogP contribution in [0.3, 0.4) is 0 Å².